The molecule has 4 N–H and O–H groups in total. The smallest absolute Gasteiger partial charge is 0.306 e. The van der Waals surface area contributed by atoms with Crippen LogP contribution in [0, 0.1) is 5.92 Å². The zero-order valence-electron chi connectivity index (χ0n) is 13.6. The van der Waals surface area contributed by atoms with Crippen LogP contribution in [0.3, 0.4) is 0 Å². The second-order valence-corrected chi connectivity index (χ2v) is 6.25. The van der Waals surface area contributed by atoms with Crippen molar-refractivity contribution in [3.63, 3.8) is 0 Å². The number of hydrazine groups is 2. The second-order valence-electron chi connectivity index (χ2n) is 6.25. The maximum Gasteiger partial charge on any atom is 0.306 e. The normalized spacial score (nSPS) is 18.8. The molecule has 0 fully saturated rings. The van der Waals surface area contributed by atoms with E-state index in [9.17, 15) is 9.90 Å². The number of hydrogen-bond donors (Lipinski definition) is 4. The molecular weight excluding hydrogens is 302 g/mol. The van der Waals surface area contributed by atoms with Gasteiger partial charge in [0.05, 0.1) is 11.6 Å². The van der Waals surface area contributed by atoms with Crippen LogP contribution in [0.2, 0.25) is 0 Å². The zero-order valence-corrected chi connectivity index (χ0v) is 13.6. The highest BCUT2D eigenvalue weighted by Gasteiger charge is 2.17. The van der Waals surface area contributed by atoms with Gasteiger partial charge in [-0.15, -0.1) is 0 Å². The number of nitrogens with one attached hydrogen (secondary N) is 3. The summed E-state index contributed by atoms with van der Waals surface area (Å²) in [6, 6.07) is 16.3. The van der Waals surface area contributed by atoms with Crippen LogP contribution >= 0.6 is 0 Å². The lowest BCUT2D eigenvalue weighted by molar-refractivity contribution is -0.141. The van der Waals surface area contributed by atoms with E-state index in [1.807, 2.05) is 24.3 Å². The fourth-order valence-corrected chi connectivity index (χ4v) is 3.03. The molecule has 0 radical (unpaired) electrons. The monoisotopic (exact) mass is 325 g/mol. The molecule has 5 heteroatoms. The molecule has 0 aliphatic carbocycles. The summed E-state index contributed by atoms with van der Waals surface area (Å²) in [6.07, 6.45) is 3.05. The molecule has 0 amide bonds. The maximum atomic E-state index is 11.5. The number of carboxylic acid groups (broad SMARTS) is 1. The van der Waals surface area contributed by atoms with Crippen LogP contribution in [0.4, 0.5) is 5.69 Å². The summed E-state index contributed by atoms with van der Waals surface area (Å²) in [6.45, 7) is 0.705. The number of aliphatic carboxylic acids is 1. The molecule has 2 aromatic carbocycles. The average molecular weight is 325 g/mol. The first-order chi connectivity index (χ1) is 11.7. The van der Waals surface area contributed by atoms with Gasteiger partial charge in [0, 0.05) is 6.54 Å². The molecule has 1 atom stereocenters. The van der Waals surface area contributed by atoms with Gasteiger partial charge >= 0.3 is 5.97 Å². The second kappa shape index (κ2) is 7.95. The number of carbonyl (C=O) groups is 1. The van der Waals surface area contributed by atoms with Gasteiger partial charge in [-0.3, -0.25) is 4.79 Å². The summed E-state index contributed by atoms with van der Waals surface area (Å²) in [5.74, 6) is -1.04. The lowest BCUT2D eigenvalue weighted by Crippen LogP contribution is -2.36. The van der Waals surface area contributed by atoms with Crippen LogP contribution < -0.4 is 16.4 Å². The number of rotatable bonds is 1. The van der Waals surface area contributed by atoms with Crippen LogP contribution in [0.1, 0.15) is 29.5 Å². The summed E-state index contributed by atoms with van der Waals surface area (Å²) >= 11 is 0. The van der Waals surface area contributed by atoms with E-state index in [0.717, 1.165) is 24.1 Å². The quantitative estimate of drug-likeness (QED) is 0.649. The molecule has 0 saturated carbocycles. The van der Waals surface area contributed by atoms with Crippen LogP contribution in [-0.4, -0.2) is 11.1 Å². The molecule has 2 aromatic rings. The van der Waals surface area contributed by atoms with Crippen LogP contribution in [-0.2, 0) is 24.2 Å². The number of hydrogen-bond acceptors (Lipinski definition) is 4. The van der Waals surface area contributed by atoms with E-state index >= 15 is 0 Å². The first-order valence-corrected chi connectivity index (χ1v) is 8.34. The Morgan fingerprint density at radius 1 is 1.04 bits per heavy atom. The first kappa shape index (κ1) is 16.5. The third kappa shape index (κ3) is 4.57. The van der Waals surface area contributed by atoms with Gasteiger partial charge in [0.25, 0.3) is 0 Å². The van der Waals surface area contributed by atoms with Crippen LogP contribution in [0.25, 0.3) is 0 Å². The van der Waals surface area contributed by atoms with E-state index in [2.05, 4.69) is 40.7 Å². The number of benzene rings is 2. The van der Waals surface area contributed by atoms with E-state index in [0.29, 0.717) is 19.4 Å². The maximum absolute atomic E-state index is 11.5. The average Bonchev–Trinajstić information content (AvgIpc) is 2.58. The predicted octanol–water partition coefficient (Wildman–Crippen LogP) is 2.89. The Kier molecular flexibility index (Phi) is 5.46. The molecule has 2 aliphatic heterocycles. The Balaban J connectivity index is 1.77. The van der Waals surface area contributed by atoms with E-state index < -0.39 is 5.97 Å². The number of aryl methyl sites for hydroxylation is 1. The van der Waals surface area contributed by atoms with E-state index in [4.69, 9.17) is 0 Å². The SMILES string of the molecule is O=C(O)C1CCCc2cccc(c2)CNNNc2ccc(cc2)C1. The van der Waals surface area contributed by atoms with Gasteiger partial charge in [-0.25, -0.2) is 5.43 Å². The highest BCUT2D eigenvalue weighted by molar-refractivity contribution is 5.70. The van der Waals surface area contributed by atoms with Crippen molar-refractivity contribution in [3.8, 4) is 0 Å². The Bertz CT molecular complexity index is 685. The number of carboxylic acids is 1. The molecule has 126 valence electrons. The summed E-state index contributed by atoms with van der Waals surface area (Å²) in [5, 5.41) is 9.49. The van der Waals surface area contributed by atoms with E-state index in [1.165, 1.54) is 11.1 Å². The number of fused-ring (bicyclic) bond motifs is 9. The molecule has 4 rings (SSSR count). The Morgan fingerprint density at radius 3 is 2.62 bits per heavy atom. The first-order valence-electron chi connectivity index (χ1n) is 8.34. The molecule has 0 saturated heterocycles. The summed E-state index contributed by atoms with van der Waals surface area (Å²) < 4.78 is 0. The largest absolute Gasteiger partial charge is 0.481 e. The van der Waals surface area contributed by atoms with Crippen molar-refractivity contribution in [2.45, 2.75) is 32.2 Å². The van der Waals surface area contributed by atoms with Crippen molar-refractivity contribution < 1.29 is 9.90 Å². The third-order valence-corrected chi connectivity index (χ3v) is 4.38. The van der Waals surface area contributed by atoms with Crippen molar-refractivity contribution in [1.82, 2.24) is 11.0 Å². The molecule has 1 unspecified atom stereocenters. The standard InChI is InChI=1S/C19H23N3O2/c23-19(24)17-6-2-4-14-3-1-5-16(11-14)13-20-22-21-18-9-7-15(12-17)8-10-18/h1,3,5,7-11,17,20-22H,2,4,6,12-13H2,(H,23,24). The molecule has 0 spiro atoms. The minimum atomic E-state index is -0.710. The Labute approximate surface area is 142 Å². The molecule has 0 aromatic heterocycles. The van der Waals surface area contributed by atoms with E-state index in [-0.39, 0.29) is 5.92 Å². The van der Waals surface area contributed by atoms with Gasteiger partial charge < -0.3 is 10.5 Å². The van der Waals surface area contributed by atoms with Crippen LogP contribution in [0.15, 0.2) is 48.5 Å². The fourth-order valence-electron chi connectivity index (χ4n) is 3.03. The molecule has 2 aliphatic rings. The zero-order chi connectivity index (χ0) is 16.8. The predicted molar refractivity (Wildman–Crippen MR) is 94.2 cm³/mol. The van der Waals surface area contributed by atoms with Gasteiger partial charge in [0.15, 0.2) is 0 Å². The van der Waals surface area contributed by atoms with Crippen molar-refractivity contribution in [2.75, 3.05) is 5.43 Å². The molecule has 5 nitrogen and oxygen atoms in total. The molecule has 2 heterocycles. The van der Waals surface area contributed by atoms with Crippen LogP contribution in [0.5, 0.6) is 0 Å². The van der Waals surface area contributed by atoms with Crippen molar-refractivity contribution in [3.05, 3.63) is 65.2 Å². The molecule has 4 bridgehead atoms. The van der Waals surface area contributed by atoms with Gasteiger partial charge in [-0.1, -0.05) is 36.4 Å². The van der Waals surface area contributed by atoms with Crippen molar-refractivity contribution >= 4 is 11.7 Å². The van der Waals surface area contributed by atoms with Crippen molar-refractivity contribution in [2.24, 2.45) is 5.92 Å². The highest BCUT2D eigenvalue weighted by atomic mass is 16.4. The summed E-state index contributed by atoms with van der Waals surface area (Å²) in [4.78, 5) is 11.5. The van der Waals surface area contributed by atoms with Gasteiger partial charge in [-0.05, 0) is 54.5 Å². The molecular formula is C19H23N3O2. The van der Waals surface area contributed by atoms with Gasteiger partial charge in [0.1, 0.15) is 0 Å². The minimum absolute atomic E-state index is 0.334. The summed E-state index contributed by atoms with van der Waals surface area (Å²) in [7, 11) is 0. The minimum Gasteiger partial charge on any atom is -0.481 e. The van der Waals surface area contributed by atoms with E-state index in [1.54, 1.807) is 0 Å². The number of anilines is 1. The van der Waals surface area contributed by atoms with Crippen molar-refractivity contribution in [1.29, 1.82) is 0 Å². The summed E-state index contributed by atoms with van der Waals surface area (Å²) in [5.41, 5.74) is 13.6. The highest BCUT2D eigenvalue weighted by Crippen LogP contribution is 2.19. The Hall–Kier alpha value is -2.37. The topological polar surface area (TPSA) is 73.4 Å². The lowest BCUT2D eigenvalue weighted by Gasteiger charge is -2.15. The van der Waals surface area contributed by atoms with Gasteiger partial charge in [-0.2, -0.15) is 5.53 Å². The third-order valence-electron chi connectivity index (χ3n) is 4.38. The fraction of sp³-hybridized carbons (Fsp3) is 0.316. The lowest BCUT2D eigenvalue weighted by atomic mass is 9.93. The van der Waals surface area contributed by atoms with Gasteiger partial charge in [0.2, 0.25) is 0 Å². The molecule has 24 heavy (non-hydrogen) atoms. The Morgan fingerprint density at radius 2 is 1.83 bits per heavy atom.